The molecule has 0 aliphatic heterocycles. The zero-order valence-corrected chi connectivity index (χ0v) is 11.9. The molecule has 0 spiro atoms. The maximum atomic E-state index is 10.5. The van der Waals surface area contributed by atoms with Crippen LogP contribution in [-0.4, -0.2) is 19.3 Å². The van der Waals surface area contributed by atoms with Gasteiger partial charge in [-0.05, 0) is 29.8 Å². The average Bonchev–Trinajstić information content (AvgIpc) is 2.97. The summed E-state index contributed by atoms with van der Waals surface area (Å²) in [6.07, 6.45) is -0.850. The molecule has 1 atom stereocenters. The van der Waals surface area contributed by atoms with E-state index in [0.29, 0.717) is 22.8 Å². The van der Waals surface area contributed by atoms with Gasteiger partial charge in [-0.3, -0.25) is 0 Å². The normalized spacial score (nSPS) is 12.3. The zero-order chi connectivity index (χ0) is 14.8. The molecule has 0 saturated heterocycles. The van der Waals surface area contributed by atoms with Crippen LogP contribution in [0.4, 0.5) is 0 Å². The quantitative estimate of drug-likeness (QED) is 0.796. The van der Waals surface area contributed by atoms with E-state index in [9.17, 15) is 5.11 Å². The summed E-state index contributed by atoms with van der Waals surface area (Å²) < 4.78 is 16.1. The van der Waals surface area contributed by atoms with E-state index in [4.69, 9.17) is 13.9 Å². The Bertz CT molecular complexity index is 727. The second-order valence-corrected chi connectivity index (χ2v) is 4.70. The zero-order valence-electron chi connectivity index (χ0n) is 11.9. The van der Waals surface area contributed by atoms with Gasteiger partial charge in [0.2, 0.25) is 0 Å². The van der Waals surface area contributed by atoms with Gasteiger partial charge in [-0.1, -0.05) is 24.3 Å². The van der Waals surface area contributed by atoms with Crippen molar-refractivity contribution in [2.24, 2.45) is 0 Å². The number of hydrogen-bond donors (Lipinski definition) is 1. The Balaban J connectivity index is 1.99. The van der Waals surface area contributed by atoms with Gasteiger partial charge in [0.25, 0.3) is 0 Å². The molecule has 0 aliphatic carbocycles. The average molecular weight is 284 g/mol. The molecule has 1 heterocycles. The lowest BCUT2D eigenvalue weighted by Gasteiger charge is -2.12. The molecule has 2 aromatic carbocycles. The van der Waals surface area contributed by atoms with Gasteiger partial charge in [0.15, 0.2) is 11.5 Å². The van der Waals surface area contributed by atoms with Crippen molar-refractivity contribution < 1.29 is 19.0 Å². The Morgan fingerprint density at radius 1 is 0.952 bits per heavy atom. The first kappa shape index (κ1) is 13.5. The van der Waals surface area contributed by atoms with Crippen molar-refractivity contribution >= 4 is 11.0 Å². The number of furan rings is 1. The van der Waals surface area contributed by atoms with Crippen molar-refractivity contribution in [3.63, 3.8) is 0 Å². The topological polar surface area (TPSA) is 51.8 Å². The fraction of sp³-hybridized carbons (Fsp3) is 0.176. The molecule has 3 rings (SSSR count). The van der Waals surface area contributed by atoms with Crippen LogP contribution in [0.3, 0.4) is 0 Å². The molecule has 0 fully saturated rings. The number of rotatable bonds is 4. The monoisotopic (exact) mass is 284 g/mol. The van der Waals surface area contributed by atoms with Crippen molar-refractivity contribution in [2.75, 3.05) is 14.2 Å². The first-order valence-corrected chi connectivity index (χ1v) is 6.61. The van der Waals surface area contributed by atoms with Crippen LogP contribution < -0.4 is 9.47 Å². The Kier molecular flexibility index (Phi) is 3.54. The predicted molar refractivity (Wildman–Crippen MR) is 79.8 cm³/mol. The van der Waals surface area contributed by atoms with Crippen LogP contribution in [0.25, 0.3) is 11.0 Å². The van der Waals surface area contributed by atoms with E-state index in [1.807, 2.05) is 30.3 Å². The predicted octanol–water partition coefficient (Wildman–Crippen LogP) is 3.53. The number of fused-ring (bicyclic) bond motifs is 1. The van der Waals surface area contributed by atoms with E-state index in [-0.39, 0.29) is 0 Å². The second-order valence-electron chi connectivity index (χ2n) is 4.70. The molecule has 0 radical (unpaired) electrons. The Morgan fingerprint density at radius 3 is 2.43 bits per heavy atom. The molecular formula is C17H16O4. The minimum Gasteiger partial charge on any atom is -0.493 e. The van der Waals surface area contributed by atoms with Gasteiger partial charge < -0.3 is 19.0 Å². The highest BCUT2D eigenvalue weighted by Gasteiger charge is 2.17. The summed E-state index contributed by atoms with van der Waals surface area (Å²) in [5, 5.41) is 11.5. The highest BCUT2D eigenvalue weighted by molar-refractivity contribution is 5.77. The maximum absolute atomic E-state index is 10.5. The molecule has 0 aliphatic rings. The van der Waals surface area contributed by atoms with Crippen molar-refractivity contribution in [3.8, 4) is 11.5 Å². The third-order valence-electron chi connectivity index (χ3n) is 3.44. The van der Waals surface area contributed by atoms with E-state index in [1.165, 1.54) is 0 Å². The number of ether oxygens (including phenoxy) is 2. The van der Waals surface area contributed by atoms with E-state index in [0.717, 1.165) is 11.0 Å². The fourth-order valence-electron chi connectivity index (χ4n) is 2.32. The number of hydrogen-bond acceptors (Lipinski definition) is 4. The maximum Gasteiger partial charge on any atom is 0.161 e. The lowest BCUT2D eigenvalue weighted by atomic mass is 10.1. The summed E-state index contributed by atoms with van der Waals surface area (Å²) >= 11 is 0. The molecule has 4 heteroatoms. The van der Waals surface area contributed by atoms with Crippen LogP contribution in [-0.2, 0) is 0 Å². The van der Waals surface area contributed by atoms with Crippen LogP contribution >= 0.6 is 0 Å². The Labute approximate surface area is 122 Å². The lowest BCUT2D eigenvalue weighted by Crippen LogP contribution is -1.99. The number of benzene rings is 2. The summed E-state index contributed by atoms with van der Waals surface area (Å²) in [4.78, 5) is 0. The summed E-state index contributed by atoms with van der Waals surface area (Å²) in [7, 11) is 3.14. The van der Waals surface area contributed by atoms with Gasteiger partial charge >= 0.3 is 0 Å². The summed E-state index contributed by atoms with van der Waals surface area (Å²) in [5.41, 5.74) is 1.44. The molecule has 1 N–H and O–H groups in total. The van der Waals surface area contributed by atoms with Gasteiger partial charge in [-0.25, -0.2) is 0 Å². The van der Waals surface area contributed by atoms with Gasteiger partial charge in [-0.2, -0.15) is 0 Å². The van der Waals surface area contributed by atoms with Gasteiger partial charge in [0.05, 0.1) is 14.2 Å². The van der Waals surface area contributed by atoms with E-state index in [2.05, 4.69) is 0 Å². The third-order valence-corrected chi connectivity index (χ3v) is 3.44. The number of methoxy groups -OCH3 is 2. The number of aliphatic hydroxyl groups is 1. The van der Waals surface area contributed by atoms with Crippen LogP contribution in [0.2, 0.25) is 0 Å². The Morgan fingerprint density at radius 2 is 1.71 bits per heavy atom. The van der Waals surface area contributed by atoms with Crippen molar-refractivity contribution in [2.45, 2.75) is 6.10 Å². The molecule has 108 valence electrons. The van der Waals surface area contributed by atoms with Crippen molar-refractivity contribution in [1.82, 2.24) is 0 Å². The molecule has 4 nitrogen and oxygen atoms in total. The van der Waals surface area contributed by atoms with E-state index in [1.54, 1.807) is 32.4 Å². The molecule has 0 saturated carbocycles. The van der Waals surface area contributed by atoms with Crippen LogP contribution in [0.1, 0.15) is 17.4 Å². The lowest BCUT2D eigenvalue weighted by molar-refractivity contribution is 0.191. The molecule has 21 heavy (non-hydrogen) atoms. The van der Waals surface area contributed by atoms with Crippen LogP contribution in [0.15, 0.2) is 52.9 Å². The standard InChI is InChI=1S/C17H16O4/c1-19-14-8-7-12(10-15(14)20-2)17(18)16-9-11-5-3-4-6-13(11)21-16/h3-10,17-18H,1-2H3. The van der Waals surface area contributed by atoms with Gasteiger partial charge in [-0.15, -0.1) is 0 Å². The summed E-state index contributed by atoms with van der Waals surface area (Å²) in [6, 6.07) is 14.8. The first-order valence-electron chi connectivity index (χ1n) is 6.61. The van der Waals surface area contributed by atoms with E-state index < -0.39 is 6.10 Å². The fourth-order valence-corrected chi connectivity index (χ4v) is 2.32. The molecule has 1 unspecified atom stereocenters. The summed E-state index contributed by atoms with van der Waals surface area (Å²) in [6.45, 7) is 0. The first-order chi connectivity index (χ1) is 10.2. The molecule has 0 amide bonds. The summed E-state index contributed by atoms with van der Waals surface area (Å²) in [5.74, 6) is 1.70. The molecular weight excluding hydrogens is 268 g/mol. The van der Waals surface area contributed by atoms with Crippen LogP contribution in [0.5, 0.6) is 11.5 Å². The highest BCUT2D eigenvalue weighted by atomic mass is 16.5. The van der Waals surface area contributed by atoms with Gasteiger partial charge in [0.1, 0.15) is 17.4 Å². The number of aliphatic hydroxyl groups excluding tert-OH is 1. The van der Waals surface area contributed by atoms with Crippen LogP contribution in [0, 0.1) is 0 Å². The van der Waals surface area contributed by atoms with E-state index >= 15 is 0 Å². The smallest absolute Gasteiger partial charge is 0.161 e. The number of para-hydroxylation sites is 1. The third kappa shape index (κ3) is 2.45. The molecule has 1 aromatic heterocycles. The SMILES string of the molecule is COc1ccc(C(O)c2cc3ccccc3o2)cc1OC. The van der Waals surface area contributed by atoms with Crippen molar-refractivity contribution in [3.05, 3.63) is 59.9 Å². The minimum absolute atomic E-state index is 0.503. The molecule has 0 bridgehead atoms. The Hall–Kier alpha value is -2.46. The second kappa shape index (κ2) is 5.50. The highest BCUT2D eigenvalue weighted by Crippen LogP contribution is 2.33. The molecule has 3 aromatic rings. The van der Waals surface area contributed by atoms with Gasteiger partial charge in [0, 0.05) is 5.39 Å². The largest absolute Gasteiger partial charge is 0.493 e. The van der Waals surface area contributed by atoms with Crippen molar-refractivity contribution in [1.29, 1.82) is 0 Å². The minimum atomic E-state index is -0.850.